The molecule has 0 unspecified atom stereocenters. The Morgan fingerprint density at radius 1 is 1.06 bits per heavy atom. The summed E-state index contributed by atoms with van der Waals surface area (Å²) in [5.41, 5.74) is 0. The highest BCUT2D eigenvalue weighted by molar-refractivity contribution is 5.85. The largest absolute Gasteiger partial charge is 0.349 e. The minimum atomic E-state index is -0.00345. The molecule has 0 bridgehead atoms. The van der Waals surface area contributed by atoms with Crippen LogP contribution in [0.15, 0.2) is 0 Å². The van der Waals surface area contributed by atoms with Gasteiger partial charge in [-0.2, -0.15) is 0 Å². The molecule has 0 fully saturated rings. The molecule has 4 nitrogen and oxygen atoms in total. The molecule has 0 aliphatic heterocycles. The standard InChI is InChI=1S/C14H28N2O2/c1-4-8-13(17)11-16-14(18)9-6-5-7-10-15-12(2)3/h12,15H,4-11H2,1-3H3,(H,16,18). The summed E-state index contributed by atoms with van der Waals surface area (Å²) in [6, 6.07) is 0.526. The number of carbonyl (C=O) groups is 2. The van der Waals surface area contributed by atoms with Crippen molar-refractivity contribution < 1.29 is 9.59 Å². The number of hydrogen-bond acceptors (Lipinski definition) is 3. The number of hydrogen-bond donors (Lipinski definition) is 2. The average Bonchev–Trinajstić information content (AvgIpc) is 2.31. The molecule has 1 amide bonds. The van der Waals surface area contributed by atoms with Crippen LogP contribution < -0.4 is 10.6 Å². The Balaban J connectivity index is 3.34. The monoisotopic (exact) mass is 256 g/mol. The third kappa shape index (κ3) is 11.6. The first-order valence-corrected chi connectivity index (χ1v) is 7.08. The normalized spacial score (nSPS) is 10.7. The highest BCUT2D eigenvalue weighted by Crippen LogP contribution is 1.99. The van der Waals surface area contributed by atoms with Crippen LogP contribution in [0.1, 0.15) is 59.3 Å². The molecule has 0 heterocycles. The number of ketones is 1. The summed E-state index contributed by atoms with van der Waals surface area (Å²) < 4.78 is 0. The van der Waals surface area contributed by atoms with E-state index in [9.17, 15) is 9.59 Å². The van der Waals surface area contributed by atoms with Crippen molar-refractivity contribution in [3.05, 3.63) is 0 Å². The van der Waals surface area contributed by atoms with Gasteiger partial charge < -0.3 is 10.6 Å². The van der Waals surface area contributed by atoms with Crippen LogP contribution in [-0.4, -0.2) is 30.8 Å². The topological polar surface area (TPSA) is 58.2 Å². The van der Waals surface area contributed by atoms with Gasteiger partial charge in [-0.1, -0.05) is 27.2 Å². The van der Waals surface area contributed by atoms with Crippen LogP contribution in [0.5, 0.6) is 0 Å². The molecule has 0 aromatic heterocycles. The van der Waals surface area contributed by atoms with Crippen molar-refractivity contribution >= 4 is 11.7 Å². The zero-order chi connectivity index (χ0) is 13.8. The van der Waals surface area contributed by atoms with Crippen LogP contribution in [0, 0.1) is 0 Å². The van der Waals surface area contributed by atoms with E-state index in [1.165, 1.54) is 0 Å². The van der Waals surface area contributed by atoms with Crippen molar-refractivity contribution in [2.24, 2.45) is 0 Å². The van der Waals surface area contributed by atoms with E-state index in [4.69, 9.17) is 0 Å². The Kier molecular flexibility index (Phi) is 10.6. The molecular formula is C14H28N2O2. The Labute approximate surface area is 111 Å². The second-order valence-corrected chi connectivity index (χ2v) is 4.98. The summed E-state index contributed by atoms with van der Waals surface area (Å²) >= 11 is 0. The van der Waals surface area contributed by atoms with Crippen LogP contribution in [0.25, 0.3) is 0 Å². The highest BCUT2D eigenvalue weighted by atomic mass is 16.2. The maximum atomic E-state index is 11.4. The molecule has 0 aromatic carbocycles. The fourth-order valence-corrected chi connectivity index (χ4v) is 1.63. The molecule has 0 aliphatic rings. The van der Waals surface area contributed by atoms with Gasteiger partial charge in [-0.25, -0.2) is 0 Å². The molecule has 0 aliphatic carbocycles. The number of carbonyl (C=O) groups excluding carboxylic acids is 2. The van der Waals surface area contributed by atoms with Crippen molar-refractivity contribution in [3.63, 3.8) is 0 Å². The fourth-order valence-electron chi connectivity index (χ4n) is 1.63. The zero-order valence-corrected chi connectivity index (χ0v) is 12.1. The first kappa shape index (κ1) is 17.1. The van der Waals surface area contributed by atoms with Gasteiger partial charge in [0.05, 0.1) is 6.54 Å². The number of unbranched alkanes of at least 4 members (excludes halogenated alkanes) is 2. The van der Waals surface area contributed by atoms with Gasteiger partial charge in [0.15, 0.2) is 5.78 Å². The fraction of sp³-hybridized carbons (Fsp3) is 0.857. The van der Waals surface area contributed by atoms with Gasteiger partial charge in [-0.3, -0.25) is 9.59 Å². The van der Waals surface area contributed by atoms with Gasteiger partial charge in [-0.05, 0) is 25.8 Å². The molecule has 0 atom stereocenters. The molecule has 0 saturated heterocycles. The first-order chi connectivity index (χ1) is 8.56. The van der Waals surface area contributed by atoms with Crippen molar-refractivity contribution in [1.29, 1.82) is 0 Å². The van der Waals surface area contributed by atoms with Gasteiger partial charge >= 0.3 is 0 Å². The van der Waals surface area contributed by atoms with Crippen LogP contribution in [-0.2, 0) is 9.59 Å². The lowest BCUT2D eigenvalue weighted by molar-refractivity contribution is -0.125. The predicted octanol–water partition coefficient (Wildman–Crippen LogP) is 2.03. The quantitative estimate of drug-likeness (QED) is 0.556. The van der Waals surface area contributed by atoms with E-state index >= 15 is 0 Å². The third-order valence-corrected chi connectivity index (χ3v) is 2.64. The molecule has 0 radical (unpaired) electrons. The molecule has 0 aromatic rings. The lowest BCUT2D eigenvalue weighted by Crippen LogP contribution is -2.29. The number of rotatable bonds is 11. The predicted molar refractivity (Wildman–Crippen MR) is 74.5 cm³/mol. The second kappa shape index (κ2) is 11.2. The SMILES string of the molecule is CCCC(=O)CNC(=O)CCCCCNC(C)C. The van der Waals surface area contributed by atoms with E-state index in [2.05, 4.69) is 24.5 Å². The van der Waals surface area contributed by atoms with Gasteiger partial charge in [-0.15, -0.1) is 0 Å². The van der Waals surface area contributed by atoms with Crippen LogP contribution in [0.2, 0.25) is 0 Å². The van der Waals surface area contributed by atoms with Crippen LogP contribution >= 0.6 is 0 Å². The van der Waals surface area contributed by atoms with Crippen LogP contribution in [0.4, 0.5) is 0 Å². The molecule has 0 rings (SSSR count). The number of amides is 1. The Morgan fingerprint density at radius 2 is 1.78 bits per heavy atom. The average molecular weight is 256 g/mol. The van der Waals surface area contributed by atoms with Gasteiger partial charge in [0.2, 0.25) is 5.91 Å². The summed E-state index contributed by atoms with van der Waals surface area (Å²) in [6.07, 6.45) is 4.98. The first-order valence-electron chi connectivity index (χ1n) is 7.08. The summed E-state index contributed by atoms with van der Waals surface area (Å²) in [5, 5.41) is 6.01. The van der Waals surface area contributed by atoms with Crippen molar-refractivity contribution in [2.45, 2.75) is 65.3 Å². The molecule has 2 N–H and O–H groups in total. The minimum Gasteiger partial charge on any atom is -0.349 e. The Bertz CT molecular complexity index is 240. The van der Waals surface area contributed by atoms with E-state index < -0.39 is 0 Å². The summed E-state index contributed by atoms with van der Waals surface area (Å²) in [7, 11) is 0. The molecule has 18 heavy (non-hydrogen) atoms. The smallest absolute Gasteiger partial charge is 0.220 e. The van der Waals surface area contributed by atoms with Gasteiger partial charge in [0.1, 0.15) is 0 Å². The van der Waals surface area contributed by atoms with Crippen molar-refractivity contribution in [2.75, 3.05) is 13.1 Å². The summed E-state index contributed by atoms with van der Waals surface area (Å²) in [5.74, 6) is 0.114. The van der Waals surface area contributed by atoms with E-state index in [1.54, 1.807) is 0 Å². The van der Waals surface area contributed by atoms with Crippen LogP contribution in [0.3, 0.4) is 0 Å². The molecule has 0 saturated carbocycles. The summed E-state index contributed by atoms with van der Waals surface area (Å²) in [6.45, 7) is 7.42. The summed E-state index contributed by atoms with van der Waals surface area (Å²) in [4.78, 5) is 22.6. The Hall–Kier alpha value is -0.900. The van der Waals surface area contributed by atoms with E-state index in [0.29, 0.717) is 18.9 Å². The molecule has 106 valence electrons. The maximum absolute atomic E-state index is 11.4. The molecular weight excluding hydrogens is 228 g/mol. The highest BCUT2D eigenvalue weighted by Gasteiger charge is 2.04. The zero-order valence-electron chi connectivity index (χ0n) is 12.1. The second-order valence-electron chi connectivity index (χ2n) is 4.98. The van der Waals surface area contributed by atoms with E-state index in [-0.39, 0.29) is 18.2 Å². The van der Waals surface area contributed by atoms with Crippen molar-refractivity contribution in [1.82, 2.24) is 10.6 Å². The lowest BCUT2D eigenvalue weighted by Gasteiger charge is -2.07. The number of Topliss-reactive ketones (excluding diaryl/α,β-unsaturated/α-hetero) is 1. The lowest BCUT2D eigenvalue weighted by atomic mass is 10.1. The van der Waals surface area contributed by atoms with E-state index in [0.717, 1.165) is 32.2 Å². The molecule has 4 heteroatoms. The van der Waals surface area contributed by atoms with Gasteiger partial charge in [0, 0.05) is 18.9 Å². The minimum absolute atomic E-state index is 0.00345. The van der Waals surface area contributed by atoms with Gasteiger partial charge in [0.25, 0.3) is 0 Å². The Morgan fingerprint density at radius 3 is 2.39 bits per heavy atom. The third-order valence-electron chi connectivity index (χ3n) is 2.64. The number of nitrogens with one attached hydrogen (secondary N) is 2. The van der Waals surface area contributed by atoms with E-state index in [1.807, 2.05) is 6.92 Å². The molecule has 0 spiro atoms. The maximum Gasteiger partial charge on any atom is 0.220 e. The van der Waals surface area contributed by atoms with Crippen molar-refractivity contribution in [3.8, 4) is 0 Å².